The Morgan fingerprint density at radius 3 is 2.84 bits per heavy atom. The average Bonchev–Trinajstić information content (AvgIpc) is 3.08. The molecule has 1 spiro atoms. The number of nitrogens with zero attached hydrogens (tertiary/aromatic N) is 1. The third-order valence-electron chi connectivity index (χ3n) is 8.47. The van der Waals surface area contributed by atoms with Crippen LogP contribution in [0.1, 0.15) is 50.7 Å². The normalized spacial score (nSPS) is 36.7. The number of carbonyl (C=O) groups is 1. The molecule has 3 N–H and O–H groups in total. The lowest BCUT2D eigenvalue weighted by molar-refractivity contribution is -0.204. The number of hydrogen-bond donors (Lipinski definition) is 3. The van der Waals surface area contributed by atoms with Crippen molar-refractivity contribution < 1.29 is 24.5 Å². The molecule has 31 heavy (non-hydrogen) atoms. The van der Waals surface area contributed by atoms with Crippen LogP contribution in [-0.2, 0) is 21.4 Å². The van der Waals surface area contributed by atoms with E-state index in [-0.39, 0.29) is 29.9 Å². The van der Waals surface area contributed by atoms with Gasteiger partial charge in [-0.25, -0.2) is 0 Å². The van der Waals surface area contributed by atoms with Crippen molar-refractivity contribution >= 4 is 5.97 Å². The van der Waals surface area contributed by atoms with Gasteiger partial charge in [0.2, 0.25) is 0 Å². The van der Waals surface area contributed by atoms with E-state index in [9.17, 15) is 15.0 Å². The quantitative estimate of drug-likeness (QED) is 0.638. The summed E-state index contributed by atoms with van der Waals surface area (Å²) in [5.41, 5.74) is 1.52. The predicted octanol–water partition coefficient (Wildman–Crippen LogP) is 2.29. The van der Waals surface area contributed by atoms with Crippen LogP contribution in [0.25, 0.3) is 0 Å². The number of phenolic OH excluding ortho intramolecular Hbond substituents is 1. The molecule has 0 amide bonds. The van der Waals surface area contributed by atoms with E-state index in [1.54, 1.807) is 6.07 Å². The van der Waals surface area contributed by atoms with Gasteiger partial charge in [-0.2, -0.15) is 0 Å². The number of phenols is 1. The van der Waals surface area contributed by atoms with Gasteiger partial charge in [-0.3, -0.25) is 10.1 Å². The van der Waals surface area contributed by atoms with Crippen molar-refractivity contribution in [2.24, 2.45) is 5.92 Å². The van der Waals surface area contributed by atoms with Gasteiger partial charge in [0.05, 0.1) is 11.0 Å². The van der Waals surface area contributed by atoms with Gasteiger partial charge in [-0.05, 0) is 63.2 Å². The number of likely N-dealkylation sites (N-methyl/N-ethyl adjacent to an activating group) is 1. The Balaban J connectivity index is 1.62. The van der Waals surface area contributed by atoms with Crippen LogP contribution in [0.5, 0.6) is 11.5 Å². The molecule has 7 heteroatoms. The highest BCUT2D eigenvalue weighted by Crippen LogP contribution is 2.66. The first-order valence-electron chi connectivity index (χ1n) is 11.5. The molecule has 2 aliphatic carbocycles. The minimum absolute atomic E-state index is 0.120. The van der Waals surface area contributed by atoms with E-state index in [0.717, 1.165) is 37.8 Å². The van der Waals surface area contributed by atoms with Crippen molar-refractivity contribution in [1.29, 1.82) is 0 Å². The van der Waals surface area contributed by atoms with Gasteiger partial charge in [-0.15, -0.1) is 0 Å². The number of carboxylic acid groups (broad SMARTS) is 1. The molecule has 6 atom stereocenters. The molecule has 170 valence electrons. The zero-order valence-corrected chi connectivity index (χ0v) is 18.9. The molecule has 1 aromatic rings. The largest absolute Gasteiger partial charge is 0.504 e. The second kappa shape index (κ2) is 7.09. The lowest BCUT2D eigenvalue weighted by atomic mass is 9.48. The number of piperidine rings is 1. The van der Waals surface area contributed by atoms with Crippen molar-refractivity contribution in [2.75, 3.05) is 20.7 Å². The van der Waals surface area contributed by atoms with Crippen LogP contribution in [0, 0.1) is 5.92 Å². The van der Waals surface area contributed by atoms with Gasteiger partial charge in [0, 0.05) is 24.8 Å². The van der Waals surface area contributed by atoms with E-state index in [1.807, 2.05) is 27.0 Å². The first-order valence-corrected chi connectivity index (χ1v) is 11.5. The van der Waals surface area contributed by atoms with E-state index >= 15 is 0 Å². The number of nitrogens with one attached hydrogen (secondary N) is 1. The summed E-state index contributed by atoms with van der Waals surface area (Å²) in [5, 5.41) is 24.0. The monoisotopic (exact) mass is 430 g/mol. The molecule has 0 aromatic heterocycles. The molecule has 2 fully saturated rings. The maximum Gasteiger partial charge on any atom is 0.320 e. The molecular weight excluding hydrogens is 396 g/mol. The van der Waals surface area contributed by atoms with E-state index < -0.39 is 23.0 Å². The van der Waals surface area contributed by atoms with E-state index in [4.69, 9.17) is 9.47 Å². The zero-order valence-electron chi connectivity index (χ0n) is 18.9. The summed E-state index contributed by atoms with van der Waals surface area (Å²) in [7, 11) is 3.98. The van der Waals surface area contributed by atoms with Crippen molar-refractivity contribution in [2.45, 2.75) is 81.2 Å². The Morgan fingerprint density at radius 1 is 1.39 bits per heavy atom. The minimum atomic E-state index is -0.821. The minimum Gasteiger partial charge on any atom is -0.504 e. The number of methoxy groups -OCH3 is 1. The summed E-state index contributed by atoms with van der Waals surface area (Å²) in [5.74, 6) is 0.198. The van der Waals surface area contributed by atoms with E-state index in [1.165, 1.54) is 5.56 Å². The fourth-order valence-corrected chi connectivity index (χ4v) is 7.28. The Morgan fingerprint density at radius 2 is 2.16 bits per heavy atom. The number of benzene rings is 1. The summed E-state index contributed by atoms with van der Waals surface area (Å²) >= 11 is 0. The standard InChI is InChI=1S/C24H34N2O5/c1-13(2)11-16(22(28)29)25-15-7-8-24(30-4)18-12-14-5-6-17(27)20-19(14)23(24,21(15)31-20)9-10-26(18)3/h5-6,13,15-16,18,21,25,27H,7-12H2,1-4H3,(H,28,29)/t15-,16+,18?,21+,23+,24-/m1/s1. The van der Waals surface area contributed by atoms with Crippen LogP contribution >= 0.6 is 0 Å². The maximum atomic E-state index is 12.0. The number of hydrogen-bond acceptors (Lipinski definition) is 6. The van der Waals surface area contributed by atoms with Crippen LogP contribution in [-0.4, -0.2) is 71.6 Å². The highest BCUT2D eigenvalue weighted by atomic mass is 16.5. The van der Waals surface area contributed by atoms with Gasteiger partial charge in [-0.1, -0.05) is 19.9 Å². The number of aromatic hydroxyl groups is 1. The first kappa shape index (κ1) is 21.0. The molecule has 1 aromatic carbocycles. The summed E-state index contributed by atoms with van der Waals surface area (Å²) in [6, 6.07) is 3.25. The number of ether oxygens (including phenoxy) is 2. The van der Waals surface area contributed by atoms with Crippen molar-refractivity contribution in [3.63, 3.8) is 0 Å². The second-order valence-electron chi connectivity index (χ2n) is 10.3. The molecule has 2 bridgehead atoms. The third kappa shape index (κ3) is 2.66. The summed E-state index contributed by atoms with van der Waals surface area (Å²) < 4.78 is 13.0. The fraction of sp³-hybridized carbons (Fsp3) is 0.708. The van der Waals surface area contributed by atoms with E-state index in [0.29, 0.717) is 12.2 Å². The van der Waals surface area contributed by atoms with Crippen LogP contribution in [0.4, 0.5) is 0 Å². The third-order valence-corrected chi connectivity index (χ3v) is 8.47. The molecule has 4 aliphatic rings. The van der Waals surface area contributed by atoms with Crippen LogP contribution in [0.15, 0.2) is 12.1 Å². The Kier molecular flexibility index (Phi) is 4.81. The highest BCUT2D eigenvalue weighted by Gasteiger charge is 2.73. The Hall–Kier alpha value is -1.83. The molecule has 2 aliphatic heterocycles. The summed E-state index contributed by atoms with van der Waals surface area (Å²) in [6.07, 6.45) is 3.63. The number of rotatable bonds is 6. The molecule has 7 nitrogen and oxygen atoms in total. The average molecular weight is 431 g/mol. The van der Waals surface area contributed by atoms with Crippen molar-refractivity contribution in [3.8, 4) is 11.5 Å². The SMILES string of the molecule is CO[C@@]12CC[C@@H](N[C@@H](CC(C)C)C(=O)O)[C@@H]3Oc4c(O)ccc5c4[C@@]31CCN(C)C2C5. The van der Waals surface area contributed by atoms with Crippen molar-refractivity contribution in [3.05, 3.63) is 23.3 Å². The van der Waals surface area contributed by atoms with Gasteiger partial charge in [0.1, 0.15) is 12.1 Å². The number of likely N-dealkylation sites (tertiary alicyclic amines) is 1. The first-order chi connectivity index (χ1) is 14.7. The molecule has 1 saturated carbocycles. The number of carboxylic acids is 1. The Bertz CT molecular complexity index is 904. The van der Waals surface area contributed by atoms with Gasteiger partial charge in [0.15, 0.2) is 11.5 Å². The van der Waals surface area contributed by atoms with Crippen molar-refractivity contribution in [1.82, 2.24) is 10.2 Å². The number of aliphatic carboxylic acids is 1. The molecule has 1 saturated heterocycles. The van der Waals surface area contributed by atoms with Crippen LogP contribution < -0.4 is 10.1 Å². The van der Waals surface area contributed by atoms with E-state index in [2.05, 4.69) is 17.3 Å². The van der Waals surface area contributed by atoms with Gasteiger partial charge in [0.25, 0.3) is 0 Å². The molecule has 2 heterocycles. The van der Waals surface area contributed by atoms with Gasteiger partial charge >= 0.3 is 5.97 Å². The summed E-state index contributed by atoms with van der Waals surface area (Å²) in [4.78, 5) is 14.4. The van der Waals surface area contributed by atoms with Crippen LogP contribution in [0.2, 0.25) is 0 Å². The highest BCUT2D eigenvalue weighted by molar-refractivity contribution is 5.73. The lowest BCUT2D eigenvalue weighted by Gasteiger charge is -2.65. The topological polar surface area (TPSA) is 91.3 Å². The molecule has 0 radical (unpaired) electrons. The Labute approximate surface area is 183 Å². The zero-order chi connectivity index (χ0) is 22.1. The smallest absolute Gasteiger partial charge is 0.320 e. The second-order valence-corrected chi connectivity index (χ2v) is 10.3. The lowest BCUT2D eigenvalue weighted by Crippen LogP contribution is -2.78. The predicted molar refractivity (Wildman–Crippen MR) is 116 cm³/mol. The molecular formula is C24H34N2O5. The molecule has 5 rings (SSSR count). The molecule has 1 unspecified atom stereocenters. The van der Waals surface area contributed by atoms with Gasteiger partial charge < -0.3 is 24.6 Å². The summed E-state index contributed by atoms with van der Waals surface area (Å²) in [6.45, 7) is 5.01. The fourth-order valence-electron chi connectivity index (χ4n) is 7.28. The van der Waals surface area contributed by atoms with Crippen LogP contribution in [0.3, 0.4) is 0 Å². The maximum absolute atomic E-state index is 12.0.